The molecule has 1 unspecified atom stereocenters. The summed E-state index contributed by atoms with van der Waals surface area (Å²) in [5.74, 6) is -0.415. The lowest BCUT2D eigenvalue weighted by atomic mass is 9.95. The maximum atomic E-state index is 13.1. The Morgan fingerprint density at radius 2 is 2.20 bits per heavy atom. The highest BCUT2D eigenvalue weighted by Gasteiger charge is 2.44. The Balaban J connectivity index is 2.14. The number of hydrogen-bond donors (Lipinski definition) is 1. The van der Waals surface area contributed by atoms with E-state index in [4.69, 9.17) is 11.6 Å². The zero-order valence-corrected chi connectivity index (χ0v) is 9.39. The van der Waals surface area contributed by atoms with Gasteiger partial charge < -0.3 is 5.11 Å². The number of hydrogen-bond acceptors (Lipinski definition) is 1. The Labute approximate surface area is 93.9 Å². The molecule has 82 valence electrons. The second kappa shape index (κ2) is 3.76. The molecule has 1 aliphatic carbocycles. The highest BCUT2D eigenvalue weighted by molar-refractivity contribution is 6.31. The molecule has 1 N–H and O–H groups in total. The van der Waals surface area contributed by atoms with E-state index < -0.39 is 11.9 Å². The molecule has 1 aromatic rings. The Hall–Kier alpha value is -0.600. The molecule has 1 aromatic carbocycles. The average Bonchev–Trinajstić information content (AvgIpc) is 2.93. The predicted octanol–water partition coefficient (Wildman–Crippen LogP) is 3.18. The van der Waals surface area contributed by atoms with Crippen LogP contribution in [0, 0.1) is 11.2 Å². The third-order valence-electron chi connectivity index (χ3n) is 3.29. The van der Waals surface area contributed by atoms with Gasteiger partial charge in [-0.3, -0.25) is 0 Å². The van der Waals surface area contributed by atoms with Crippen molar-refractivity contribution in [3.05, 3.63) is 34.6 Å². The fourth-order valence-corrected chi connectivity index (χ4v) is 1.89. The first kappa shape index (κ1) is 10.9. The molecule has 1 saturated carbocycles. The summed E-state index contributed by atoms with van der Waals surface area (Å²) in [6.07, 6.45) is 2.10. The van der Waals surface area contributed by atoms with E-state index in [9.17, 15) is 9.50 Å². The number of rotatable bonds is 3. The van der Waals surface area contributed by atoms with Crippen LogP contribution >= 0.6 is 11.6 Å². The lowest BCUT2D eigenvalue weighted by Crippen LogP contribution is -2.21. The van der Waals surface area contributed by atoms with E-state index in [1.54, 1.807) is 12.1 Å². The molecule has 3 heteroatoms. The van der Waals surface area contributed by atoms with Gasteiger partial charge in [-0.25, -0.2) is 4.39 Å². The summed E-state index contributed by atoms with van der Waals surface area (Å²) in [7, 11) is 0. The van der Waals surface area contributed by atoms with Crippen molar-refractivity contribution in [1.29, 1.82) is 0 Å². The van der Waals surface area contributed by atoms with E-state index in [2.05, 4.69) is 0 Å². The summed E-state index contributed by atoms with van der Waals surface area (Å²) >= 11 is 5.82. The fraction of sp³-hybridized carbons (Fsp3) is 0.500. The van der Waals surface area contributed by atoms with Gasteiger partial charge in [0.05, 0.1) is 11.1 Å². The molecule has 0 aromatic heterocycles. The molecule has 0 amide bonds. The van der Waals surface area contributed by atoms with Gasteiger partial charge in [-0.15, -0.1) is 0 Å². The van der Waals surface area contributed by atoms with Crippen molar-refractivity contribution in [2.24, 2.45) is 5.41 Å². The maximum Gasteiger partial charge on any atom is 0.142 e. The summed E-state index contributed by atoms with van der Waals surface area (Å²) in [6.45, 7) is 2.05. The molecule has 0 saturated heterocycles. The van der Waals surface area contributed by atoms with Gasteiger partial charge in [0.15, 0.2) is 0 Å². The molecule has 0 radical (unpaired) electrons. The molecule has 0 heterocycles. The molecular formula is C12H14ClFO. The van der Waals surface area contributed by atoms with E-state index in [-0.39, 0.29) is 10.4 Å². The molecule has 1 aliphatic rings. The van der Waals surface area contributed by atoms with Crippen molar-refractivity contribution in [1.82, 2.24) is 0 Å². The zero-order valence-electron chi connectivity index (χ0n) is 8.63. The van der Waals surface area contributed by atoms with Crippen LogP contribution in [0.25, 0.3) is 0 Å². The van der Waals surface area contributed by atoms with Crippen LogP contribution in [0.2, 0.25) is 5.02 Å². The molecule has 0 bridgehead atoms. The number of aliphatic hydroxyl groups excluding tert-OH is 1. The Bertz CT molecular complexity index is 374. The molecule has 0 aliphatic heterocycles. The van der Waals surface area contributed by atoms with Gasteiger partial charge in [-0.1, -0.05) is 30.7 Å². The number of aliphatic hydroxyl groups is 1. The van der Waals surface area contributed by atoms with Crippen molar-refractivity contribution in [3.63, 3.8) is 0 Å². The standard InChI is InChI=1S/C12H14ClFO/c1-12(5-6-12)10(15)7-8-3-2-4-9(14)11(8)13/h2-4,10,15H,5-7H2,1H3. The van der Waals surface area contributed by atoms with E-state index >= 15 is 0 Å². The minimum Gasteiger partial charge on any atom is -0.392 e. The molecule has 1 atom stereocenters. The SMILES string of the molecule is CC1(C(O)Cc2cccc(F)c2Cl)CC1. The monoisotopic (exact) mass is 228 g/mol. The van der Waals surface area contributed by atoms with E-state index in [1.165, 1.54) is 6.07 Å². The van der Waals surface area contributed by atoms with Crippen LogP contribution in [0.4, 0.5) is 4.39 Å². The minimum atomic E-state index is -0.420. The average molecular weight is 229 g/mol. The molecule has 1 fully saturated rings. The summed E-state index contributed by atoms with van der Waals surface area (Å²) in [4.78, 5) is 0. The van der Waals surface area contributed by atoms with Crippen molar-refractivity contribution in [2.45, 2.75) is 32.3 Å². The van der Waals surface area contributed by atoms with Gasteiger partial charge >= 0.3 is 0 Å². The zero-order chi connectivity index (χ0) is 11.1. The highest BCUT2D eigenvalue weighted by atomic mass is 35.5. The molecule has 15 heavy (non-hydrogen) atoms. The topological polar surface area (TPSA) is 20.2 Å². The van der Waals surface area contributed by atoms with E-state index in [1.807, 2.05) is 6.92 Å². The number of halogens is 2. The Kier molecular flexibility index (Phi) is 2.73. The maximum absolute atomic E-state index is 13.1. The second-order valence-corrected chi connectivity index (χ2v) is 4.96. The van der Waals surface area contributed by atoms with Gasteiger partial charge in [0.25, 0.3) is 0 Å². The van der Waals surface area contributed by atoms with Crippen LogP contribution in [0.1, 0.15) is 25.3 Å². The van der Waals surface area contributed by atoms with Crippen molar-refractivity contribution in [2.75, 3.05) is 0 Å². The number of benzene rings is 1. The summed E-state index contributed by atoms with van der Waals surface area (Å²) in [5.41, 5.74) is 0.715. The largest absolute Gasteiger partial charge is 0.392 e. The van der Waals surface area contributed by atoms with Crippen molar-refractivity contribution in [3.8, 4) is 0 Å². The molecule has 2 rings (SSSR count). The van der Waals surface area contributed by atoms with Gasteiger partial charge in [0, 0.05) is 6.42 Å². The van der Waals surface area contributed by atoms with E-state index in [0.717, 1.165) is 12.8 Å². The van der Waals surface area contributed by atoms with Crippen LogP contribution < -0.4 is 0 Å². The smallest absolute Gasteiger partial charge is 0.142 e. The first-order valence-corrected chi connectivity index (χ1v) is 5.52. The van der Waals surface area contributed by atoms with Crippen LogP contribution in [-0.2, 0) is 6.42 Å². The fourth-order valence-electron chi connectivity index (χ4n) is 1.69. The minimum absolute atomic E-state index is 0.0235. The Morgan fingerprint density at radius 1 is 1.53 bits per heavy atom. The van der Waals surface area contributed by atoms with Crippen LogP contribution in [-0.4, -0.2) is 11.2 Å². The quantitative estimate of drug-likeness (QED) is 0.843. The molecule has 0 spiro atoms. The molecular weight excluding hydrogens is 215 g/mol. The van der Waals surface area contributed by atoms with Crippen molar-refractivity contribution >= 4 is 11.6 Å². The van der Waals surface area contributed by atoms with Gasteiger partial charge in [0.2, 0.25) is 0 Å². The van der Waals surface area contributed by atoms with E-state index in [0.29, 0.717) is 12.0 Å². The van der Waals surface area contributed by atoms with Crippen LogP contribution in [0.15, 0.2) is 18.2 Å². The van der Waals surface area contributed by atoms with Crippen LogP contribution in [0.3, 0.4) is 0 Å². The lowest BCUT2D eigenvalue weighted by Gasteiger charge is -2.18. The summed E-state index contributed by atoms with van der Waals surface area (Å²) in [6, 6.07) is 4.72. The van der Waals surface area contributed by atoms with Gasteiger partial charge in [-0.2, -0.15) is 0 Å². The second-order valence-electron chi connectivity index (χ2n) is 4.59. The normalized spacial score (nSPS) is 20.0. The first-order chi connectivity index (χ1) is 7.03. The molecule has 1 nitrogen and oxygen atoms in total. The van der Waals surface area contributed by atoms with Crippen LogP contribution in [0.5, 0.6) is 0 Å². The third-order valence-corrected chi connectivity index (χ3v) is 3.71. The highest BCUT2D eigenvalue weighted by Crippen LogP contribution is 2.49. The predicted molar refractivity (Wildman–Crippen MR) is 58.5 cm³/mol. The van der Waals surface area contributed by atoms with Gasteiger partial charge in [-0.05, 0) is 29.9 Å². The third kappa shape index (κ3) is 2.16. The van der Waals surface area contributed by atoms with Gasteiger partial charge in [0.1, 0.15) is 5.82 Å². The Morgan fingerprint density at radius 3 is 2.80 bits per heavy atom. The first-order valence-electron chi connectivity index (χ1n) is 5.14. The lowest BCUT2D eigenvalue weighted by molar-refractivity contribution is 0.103. The summed E-state index contributed by atoms with van der Waals surface area (Å²) in [5, 5.41) is 10.1. The van der Waals surface area contributed by atoms with Crippen molar-refractivity contribution < 1.29 is 9.50 Å². The summed E-state index contributed by atoms with van der Waals surface area (Å²) < 4.78 is 13.1.